The lowest BCUT2D eigenvalue weighted by atomic mass is 9.73. The maximum Gasteiger partial charge on any atom is 0.220 e. The van der Waals surface area contributed by atoms with Gasteiger partial charge in [0.05, 0.1) is 12.2 Å². The van der Waals surface area contributed by atoms with E-state index >= 15 is 0 Å². The van der Waals surface area contributed by atoms with Crippen LogP contribution in [0.4, 0.5) is 0 Å². The maximum absolute atomic E-state index is 11.3. The van der Waals surface area contributed by atoms with Crippen molar-refractivity contribution >= 4 is 5.91 Å². The van der Waals surface area contributed by atoms with Gasteiger partial charge in [0.25, 0.3) is 0 Å². The highest BCUT2D eigenvalue weighted by Gasteiger charge is 2.46. The van der Waals surface area contributed by atoms with Crippen LogP contribution in [0, 0.1) is 0 Å². The van der Waals surface area contributed by atoms with Crippen LogP contribution in [0.5, 0.6) is 0 Å². The molecule has 3 rings (SSSR count). The van der Waals surface area contributed by atoms with Crippen molar-refractivity contribution in [1.82, 2.24) is 5.32 Å². The Morgan fingerprint density at radius 3 is 2.53 bits per heavy atom. The summed E-state index contributed by atoms with van der Waals surface area (Å²) in [6, 6.07) is 0. The standard InChI is InChI=1S/C12H17NO2/c14-10-2-4-11(13-10)5-7-12(8-6-11)3-1-9-15-12/h1,3H,2,4-9H2,(H,13,14). The highest BCUT2D eigenvalue weighted by molar-refractivity contribution is 5.79. The van der Waals surface area contributed by atoms with Crippen LogP contribution < -0.4 is 5.32 Å². The lowest BCUT2D eigenvalue weighted by Crippen LogP contribution is -2.48. The minimum Gasteiger partial charge on any atom is -0.367 e. The van der Waals surface area contributed by atoms with Gasteiger partial charge < -0.3 is 10.1 Å². The molecule has 3 nitrogen and oxygen atoms in total. The van der Waals surface area contributed by atoms with Gasteiger partial charge in [-0.1, -0.05) is 12.2 Å². The number of hydrogen-bond donors (Lipinski definition) is 1. The third kappa shape index (κ3) is 1.49. The lowest BCUT2D eigenvalue weighted by molar-refractivity contribution is -0.120. The normalized spacial score (nSPS) is 44.1. The molecule has 1 amide bonds. The van der Waals surface area contributed by atoms with Gasteiger partial charge in [0.15, 0.2) is 0 Å². The van der Waals surface area contributed by atoms with Crippen molar-refractivity contribution in [1.29, 1.82) is 0 Å². The average Bonchev–Trinajstić information content (AvgIpc) is 2.81. The van der Waals surface area contributed by atoms with Gasteiger partial charge in [-0.25, -0.2) is 0 Å². The first-order valence-corrected chi connectivity index (χ1v) is 5.85. The third-order valence-corrected chi connectivity index (χ3v) is 4.18. The fourth-order valence-electron chi connectivity index (χ4n) is 3.14. The Bertz CT molecular complexity index is 314. The molecule has 2 aliphatic heterocycles. The van der Waals surface area contributed by atoms with E-state index in [0.717, 1.165) is 38.7 Å². The van der Waals surface area contributed by atoms with E-state index in [1.807, 2.05) is 0 Å². The smallest absolute Gasteiger partial charge is 0.220 e. The Labute approximate surface area is 89.9 Å². The Balaban J connectivity index is 1.70. The van der Waals surface area contributed by atoms with Crippen molar-refractivity contribution in [3.05, 3.63) is 12.2 Å². The lowest BCUT2D eigenvalue weighted by Gasteiger charge is -2.41. The molecule has 3 heteroatoms. The summed E-state index contributed by atoms with van der Waals surface area (Å²) in [4.78, 5) is 11.3. The van der Waals surface area contributed by atoms with Crippen LogP contribution in [0.3, 0.4) is 0 Å². The molecule has 0 aromatic rings. The zero-order valence-corrected chi connectivity index (χ0v) is 8.92. The van der Waals surface area contributed by atoms with E-state index < -0.39 is 0 Å². The second-order valence-electron chi connectivity index (χ2n) is 5.11. The number of amides is 1. The van der Waals surface area contributed by atoms with Gasteiger partial charge in [-0.15, -0.1) is 0 Å². The third-order valence-electron chi connectivity index (χ3n) is 4.18. The molecule has 1 aliphatic carbocycles. The molecule has 0 aromatic heterocycles. The van der Waals surface area contributed by atoms with E-state index in [1.165, 1.54) is 0 Å². The number of carbonyl (C=O) groups excluding carboxylic acids is 1. The monoisotopic (exact) mass is 207 g/mol. The highest BCUT2D eigenvalue weighted by Crippen LogP contribution is 2.43. The zero-order valence-electron chi connectivity index (χ0n) is 8.92. The van der Waals surface area contributed by atoms with E-state index in [0.29, 0.717) is 6.42 Å². The fourth-order valence-corrected chi connectivity index (χ4v) is 3.14. The topological polar surface area (TPSA) is 38.3 Å². The molecule has 0 unspecified atom stereocenters. The summed E-state index contributed by atoms with van der Waals surface area (Å²) in [6.07, 6.45) is 10.3. The molecular weight excluding hydrogens is 190 g/mol. The van der Waals surface area contributed by atoms with Gasteiger partial charge in [0.1, 0.15) is 0 Å². The number of hydrogen-bond acceptors (Lipinski definition) is 2. The van der Waals surface area contributed by atoms with Gasteiger partial charge >= 0.3 is 0 Å². The second-order valence-corrected chi connectivity index (χ2v) is 5.11. The predicted molar refractivity (Wildman–Crippen MR) is 56.4 cm³/mol. The van der Waals surface area contributed by atoms with Crippen LogP contribution >= 0.6 is 0 Å². The number of nitrogens with one attached hydrogen (secondary N) is 1. The SMILES string of the molecule is O=C1CCC2(CCC3(C=CCO3)CC2)N1. The first kappa shape index (κ1) is 9.40. The van der Waals surface area contributed by atoms with Gasteiger partial charge in [0, 0.05) is 12.0 Å². The van der Waals surface area contributed by atoms with Crippen LogP contribution in [-0.2, 0) is 9.53 Å². The van der Waals surface area contributed by atoms with Gasteiger partial charge in [-0.3, -0.25) is 4.79 Å². The Kier molecular flexibility index (Phi) is 1.93. The largest absolute Gasteiger partial charge is 0.367 e. The van der Waals surface area contributed by atoms with Crippen LogP contribution in [0.1, 0.15) is 38.5 Å². The molecule has 1 N–H and O–H groups in total. The summed E-state index contributed by atoms with van der Waals surface area (Å²) >= 11 is 0. The highest BCUT2D eigenvalue weighted by atomic mass is 16.5. The molecule has 2 fully saturated rings. The Hall–Kier alpha value is -0.830. The summed E-state index contributed by atoms with van der Waals surface area (Å²) in [6.45, 7) is 0.763. The van der Waals surface area contributed by atoms with Gasteiger partial charge in [-0.05, 0) is 32.1 Å². The Morgan fingerprint density at radius 2 is 2.00 bits per heavy atom. The van der Waals surface area contributed by atoms with E-state index in [4.69, 9.17) is 4.74 Å². The van der Waals surface area contributed by atoms with E-state index in [9.17, 15) is 4.79 Å². The molecule has 3 aliphatic rings. The molecule has 2 heterocycles. The van der Waals surface area contributed by atoms with Crippen LogP contribution in [-0.4, -0.2) is 23.7 Å². The molecule has 1 saturated carbocycles. The van der Waals surface area contributed by atoms with Crippen LogP contribution in [0.25, 0.3) is 0 Å². The molecule has 1 saturated heterocycles. The number of ether oxygens (including phenoxy) is 1. The summed E-state index contributed by atoms with van der Waals surface area (Å²) in [7, 11) is 0. The van der Waals surface area contributed by atoms with Gasteiger partial charge in [0.2, 0.25) is 5.91 Å². The zero-order chi connectivity index (χ0) is 10.4. The minimum absolute atomic E-state index is 0.0125. The van der Waals surface area contributed by atoms with Crippen molar-refractivity contribution in [2.24, 2.45) is 0 Å². The number of carbonyl (C=O) groups is 1. The molecular formula is C12H17NO2. The number of rotatable bonds is 0. The molecule has 82 valence electrons. The molecule has 0 atom stereocenters. The van der Waals surface area contributed by atoms with E-state index in [2.05, 4.69) is 17.5 Å². The van der Waals surface area contributed by atoms with Crippen molar-refractivity contribution in [2.75, 3.05) is 6.61 Å². The Morgan fingerprint density at radius 1 is 1.20 bits per heavy atom. The van der Waals surface area contributed by atoms with Crippen molar-refractivity contribution in [3.63, 3.8) is 0 Å². The van der Waals surface area contributed by atoms with Crippen LogP contribution in [0.15, 0.2) is 12.2 Å². The van der Waals surface area contributed by atoms with Crippen molar-refractivity contribution in [2.45, 2.75) is 49.7 Å². The first-order valence-electron chi connectivity index (χ1n) is 5.85. The van der Waals surface area contributed by atoms with Crippen molar-refractivity contribution < 1.29 is 9.53 Å². The molecule has 2 spiro atoms. The van der Waals surface area contributed by atoms with E-state index in [-0.39, 0.29) is 17.0 Å². The van der Waals surface area contributed by atoms with Crippen LogP contribution in [0.2, 0.25) is 0 Å². The second kappa shape index (κ2) is 3.08. The quantitative estimate of drug-likeness (QED) is 0.612. The van der Waals surface area contributed by atoms with Gasteiger partial charge in [-0.2, -0.15) is 0 Å². The first-order chi connectivity index (χ1) is 7.22. The summed E-state index contributed by atoms with van der Waals surface area (Å²) < 4.78 is 5.79. The summed E-state index contributed by atoms with van der Waals surface area (Å²) in [5, 5.41) is 3.16. The fraction of sp³-hybridized carbons (Fsp3) is 0.750. The summed E-state index contributed by atoms with van der Waals surface area (Å²) in [5.41, 5.74) is 0.126. The minimum atomic E-state index is 0.0125. The van der Waals surface area contributed by atoms with Crippen molar-refractivity contribution in [3.8, 4) is 0 Å². The molecule has 0 aromatic carbocycles. The summed E-state index contributed by atoms with van der Waals surface area (Å²) in [5.74, 6) is 0.230. The van der Waals surface area contributed by atoms with E-state index in [1.54, 1.807) is 0 Å². The molecule has 15 heavy (non-hydrogen) atoms. The average molecular weight is 207 g/mol. The molecule has 0 bridgehead atoms. The molecule has 0 radical (unpaired) electrons. The predicted octanol–water partition coefficient (Wildman–Crippen LogP) is 1.53. The maximum atomic E-state index is 11.3.